The molecule has 0 unspecified atom stereocenters. The number of ether oxygens (including phenoxy) is 1. The van der Waals surface area contributed by atoms with Gasteiger partial charge in [0.25, 0.3) is 0 Å². The van der Waals surface area contributed by atoms with Gasteiger partial charge < -0.3 is 15.0 Å². The summed E-state index contributed by atoms with van der Waals surface area (Å²) in [5.74, 6) is 0.950. The molecule has 4 heteroatoms. The number of nitrogens with one attached hydrogen (secondary N) is 1. The molecule has 25 heavy (non-hydrogen) atoms. The quantitative estimate of drug-likeness (QED) is 0.787. The van der Waals surface area contributed by atoms with Crippen LogP contribution >= 0.6 is 0 Å². The van der Waals surface area contributed by atoms with Gasteiger partial charge in [0.1, 0.15) is 5.75 Å². The Morgan fingerprint density at radius 2 is 1.84 bits per heavy atom. The summed E-state index contributed by atoms with van der Waals surface area (Å²) in [5.41, 5.74) is 2.56. The highest BCUT2D eigenvalue weighted by Crippen LogP contribution is 2.25. The lowest BCUT2D eigenvalue weighted by Gasteiger charge is -2.24. The number of fused-ring (bicyclic) bond motifs is 1. The molecule has 0 spiro atoms. The van der Waals surface area contributed by atoms with Crippen LogP contribution in [0.2, 0.25) is 0 Å². The van der Waals surface area contributed by atoms with Gasteiger partial charge in [-0.1, -0.05) is 36.4 Å². The standard InChI is InChI=1S/C21H26N2O2/c24-21(22-14-8-16-25-19-11-2-1-3-12-19)17-23-15-7-6-10-18-9-4-5-13-20(18)23/h1-5,9,11-13H,6-8,10,14-17H2,(H,22,24). The zero-order valence-electron chi connectivity index (χ0n) is 14.6. The lowest BCUT2D eigenvalue weighted by molar-refractivity contribution is -0.119. The molecule has 1 amide bonds. The van der Waals surface area contributed by atoms with Gasteiger partial charge in [-0.05, 0) is 49.4 Å². The summed E-state index contributed by atoms with van der Waals surface area (Å²) in [6, 6.07) is 18.2. The number of hydrogen-bond donors (Lipinski definition) is 1. The van der Waals surface area contributed by atoms with E-state index in [4.69, 9.17) is 4.74 Å². The van der Waals surface area contributed by atoms with Crippen LogP contribution in [0.15, 0.2) is 54.6 Å². The molecule has 0 saturated heterocycles. The summed E-state index contributed by atoms with van der Waals surface area (Å²) in [7, 11) is 0. The largest absolute Gasteiger partial charge is 0.494 e. The van der Waals surface area contributed by atoms with E-state index in [2.05, 4.69) is 34.5 Å². The predicted octanol–water partition coefficient (Wildman–Crippen LogP) is 3.41. The average Bonchev–Trinajstić information content (AvgIpc) is 2.85. The molecule has 2 aromatic carbocycles. The summed E-state index contributed by atoms with van der Waals surface area (Å²) in [6.07, 6.45) is 4.22. The number of carbonyl (C=O) groups is 1. The van der Waals surface area contributed by atoms with E-state index in [0.717, 1.165) is 31.6 Å². The SMILES string of the molecule is O=C(CN1CCCCc2ccccc21)NCCCOc1ccccc1. The van der Waals surface area contributed by atoms with Crippen molar-refractivity contribution in [3.8, 4) is 5.75 Å². The Morgan fingerprint density at radius 3 is 2.72 bits per heavy atom. The number of aryl methyl sites for hydroxylation is 1. The number of carbonyl (C=O) groups excluding carboxylic acids is 1. The number of benzene rings is 2. The maximum Gasteiger partial charge on any atom is 0.239 e. The first-order valence-electron chi connectivity index (χ1n) is 9.10. The van der Waals surface area contributed by atoms with Gasteiger partial charge in [-0.2, -0.15) is 0 Å². The van der Waals surface area contributed by atoms with Crippen molar-refractivity contribution in [3.05, 3.63) is 60.2 Å². The Bertz CT molecular complexity index is 673. The zero-order chi connectivity index (χ0) is 17.3. The molecule has 3 rings (SSSR count). The smallest absolute Gasteiger partial charge is 0.239 e. The van der Waals surface area contributed by atoms with E-state index < -0.39 is 0 Å². The van der Waals surface area contributed by atoms with Crippen LogP contribution in [-0.4, -0.2) is 32.1 Å². The topological polar surface area (TPSA) is 41.6 Å². The molecule has 2 aromatic rings. The molecule has 0 fully saturated rings. The van der Waals surface area contributed by atoms with Gasteiger partial charge in [0.2, 0.25) is 5.91 Å². The normalized spacial score (nSPS) is 13.7. The molecule has 0 aromatic heterocycles. The maximum atomic E-state index is 12.3. The number of rotatable bonds is 7. The lowest BCUT2D eigenvalue weighted by Crippen LogP contribution is -2.38. The molecular weight excluding hydrogens is 312 g/mol. The van der Waals surface area contributed by atoms with Crippen LogP contribution in [0.25, 0.3) is 0 Å². The summed E-state index contributed by atoms with van der Waals surface area (Å²) >= 11 is 0. The third-order valence-corrected chi connectivity index (χ3v) is 4.45. The van der Waals surface area contributed by atoms with E-state index in [0.29, 0.717) is 19.7 Å². The van der Waals surface area contributed by atoms with Gasteiger partial charge >= 0.3 is 0 Å². The van der Waals surface area contributed by atoms with Crippen molar-refractivity contribution in [1.82, 2.24) is 5.32 Å². The second-order valence-corrected chi connectivity index (χ2v) is 6.37. The van der Waals surface area contributed by atoms with Gasteiger partial charge in [-0.15, -0.1) is 0 Å². The van der Waals surface area contributed by atoms with E-state index >= 15 is 0 Å². The van der Waals surface area contributed by atoms with Crippen LogP contribution in [0.3, 0.4) is 0 Å². The minimum absolute atomic E-state index is 0.0800. The van der Waals surface area contributed by atoms with Crippen molar-refractivity contribution < 1.29 is 9.53 Å². The van der Waals surface area contributed by atoms with Crippen molar-refractivity contribution in [3.63, 3.8) is 0 Å². The monoisotopic (exact) mass is 338 g/mol. The maximum absolute atomic E-state index is 12.3. The third-order valence-electron chi connectivity index (χ3n) is 4.45. The Hall–Kier alpha value is -2.49. The van der Waals surface area contributed by atoms with E-state index in [1.807, 2.05) is 30.3 Å². The zero-order valence-corrected chi connectivity index (χ0v) is 14.6. The molecule has 0 radical (unpaired) electrons. The first-order chi connectivity index (χ1) is 12.3. The number of anilines is 1. The number of hydrogen-bond acceptors (Lipinski definition) is 3. The molecule has 0 bridgehead atoms. The fourth-order valence-electron chi connectivity index (χ4n) is 3.17. The van der Waals surface area contributed by atoms with Crippen LogP contribution in [0.4, 0.5) is 5.69 Å². The molecular formula is C21H26N2O2. The summed E-state index contributed by atoms with van der Waals surface area (Å²) in [4.78, 5) is 14.5. The van der Waals surface area contributed by atoms with Crippen molar-refractivity contribution in [2.75, 3.05) is 31.1 Å². The molecule has 1 heterocycles. The third kappa shape index (κ3) is 5.24. The summed E-state index contributed by atoms with van der Waals surface area (Å²) in [6.45, 7) is 2.62. The Morgan fingerprint density at radius 1 is 1.04 bits per heavy atom. The van der Waals surface area contributed by atoms with Crippen LogP contribution in [-0.2, 0) is 11.2 Å². The summed E-state index contributed by atoms with van der Waals surface area (Å²) in [5, 5.41) is 3.01. The van der Waals surface area contributed by atoms with Crippen LogP contribution in [0.1, 0.15) is 24.8 Å². The van der Waals surface area contributed by atoms with E-state index in [1.54, 1.807) is 0 Å². The second kappa shape index (κ2) is 9.11. The van der Waals surface area contributed by atoms with Gasteiger partial charge in [0.15, 0.2) is 0 Å². The Balaban J connectivity index is 1.40. The van der Waals surface area contributed by atoms with Crippen molar-refractivity contribution >= 4 is 11.6 Å². The minimum Gasteiger partial charge on any atom is -0.494 e. The van der Waals surface area contributed by atoms with Crippen LogP contribution in [0, 0.1) is 0 Å². The molecule has 0 atom stereocenters. The van der Waals surface area contributed by atoms with E-state index in [9.17, 15) is 4.79 Å². The highest BCUT2D eigenvalue weighted by Gasteiger charge is 2.17. The molecule has 4 nitrogen and oxygen atoms in total. The molecule has 1 N–H and O–H groups in total. The highest BCUT2D eigenvalue weighted by molar-refractivity contribution is 5.81. The Labute approximate surface area is 149 Å². The average molecular weight is 338 g/mol. The lowest BCUT2D eigenvalue weighted by atomic mass is 10.1. The second-order valence-electron chi connectivity index (χ2n) is 6.37. The number of amides is 1. The molecule has 0 aliphatic carbocycles. The fraction of sp³-hybridized carbons (Fsp3) is 0.381. The fourth-order valence-corrected chi connectivity index (χ4v) is 3.17. The predicted molar refractivity (Wildman–Crippen MR) is 101 cm³/mol. The number of para-hydroxylation sites is 2. The summed E-state index contributed by atoms with van der Waals surface area (Å²) < 4.78 is 5.64. The van der Waals surface area contributed by atoms with E-state index in [-0.39, 0.29) is 5.91 Å². The molecule has 0 saturated carbocycles. The Kier molecular flexibility index (Phi) is 6.32. The van der Waals surface area contributed by atoms with Crippen molar-refractivity contribution in [2.24, 2.45) is 0 Å². The first-order valence-corrected chi connectivity index (χ1v) is 9.10. The van der Waals surface area contributed by atoms with Gasteiger partial charge in [0, 0.05) is 18.8 Å². The van der Waals surface area contributed by atoms with Gasteiger partial charge in [0.05, 0.1) is 13.2 Å². The molecule has 1 aliphatic heterocycles. The van der Waals surface area contributed by atoms with Crippen LogP contribution < -0.4 is 15.0 Å². The van der Waals surface area contributed by atoms with Crippen LogP contribution in [0.5, 0.6) is 5.75 Å². The van der Waals surface area contributed by atoms with E-state index in [1.165, 1.54) is 17.7 Å². The van der Waals surface area contributed by atoms with Gasteiger partial charge in [-0.3, -0.25) is 4.79 Å². The molecule has 1 aliphatic rings. The van der Waals surface area contributed by atoms with Gasteiger partial charge in [-0.25, -0.2) is 0 Å². The minimum atomic E-state index is 0.0800. The first kappa shape index (κ1) is 17.3. The number of nitrogens with zero attached hydrogens (tertiary/aromatic N) is 1. The van der Waals surface area contributed by atoms with Crippen molar-refractivity contribution in [1.29, 1.82) is 0 Å². The molecule has 132 valence electrons. The van der Waals surface area contributed by atoms with Crippen molar-refractivity contribution in [2.45, 2.75) is 25.7 Å². The highest BCUT2D eigenvalue weighted by atomic mass is 16.5.